The molecule has 0 amide bonds. The standard InChI is InChI=1S/C102H60N6O2S2/c1-6-22-61(23-7-1)66-32-20-34-70(50-66)84-56-75(57-87-80-36-16-18-38-92(80)112-96(84)87)67-43-48-88-85(52-67)78-47-42-74(59-91(78)109-88)102-107-99(65-30-14-5-15-31-65)104-100(108-102)72-35-21-33-69(51-72)77-45-40-71(54-82(77)62-24-8-2-9-25-62)83-55-76(60-94-95(83)81-37-17-19-39-93(81)111-94)68-44-49-89-86(53-68)79-46-41-73(58-90(79)110-89)101-105-97(63-26-10-3-11-27-63)103-98(106-101)64-28-12-4-13-29-64/h1-60H. The molecule has 10 heteroatoms. The highest BCUT2D eigenvalue weighted by Gasteiger charge is 2.23. The molecule has 0 aliphatic heterocycles. The van der Waals surface area contributed by atoms with Gasteiger partial charge < -0.3 is 8.83 Å². The molecule has 8 nitrogen and oxygen atoms in total. The molecule has 112 heavy (non-hydrogen) atoms. The van der Waals surface area contributed by atoms with E-state index >= 15 is 0 Å². The van der Waals surface area contributed by atoms with Gasteiger partial charge in [-0.05, 0) is 175 Å². The highest BCUT2D eigenvalue weighted by molar-refractivity contribution is 7.26. The zero-order valence-electron chi connectivity index (χ0n) is 60.0. The van der Waals surface area contributed by atoms with E-state index in [4.69, 9.17) is 38.7 Å². The van der Waals surface area contributed by atoms with Crippen LogP contribution in [-0.4, -0.2) is 29.9 Å². The number of rotatable bonds is 13. The summed E-state index contributed by atoms with van der Waals surface area (Å²) in [7, 11) is 0. The largest absolute Gasteiger partial charge is 0.456 e. The van der Waals surface area contributed by atoms with Crippen LogP contribution in [0.5, 0.6) is 0 Å². The molecule has 0 bridgehead atoms. The van der Waals surface area contributed by atoms with Gasteiger partial charge in [0.05, 0.1) is 0 Å². The van der Waals surface area contributed by atoms with E-state index < -0.39 is 0 Å². The normalized spacial score (nSPS) is 11.8. The summed E-state index contributed by atoms with van der Waals surface area (Å²) >= 11 is 3.69. The van der Waals surface area contributed by atoms with Crippen molar-refractivity contribution in [1.29, 1.82) is 0 Å². The van der Waals surface area contributed by atoms with Gasteiger partial charge in [0.15, 0.2) is 34.9 Å². The molecule has 0 radical (unpaired) electrons. The SMILES string of the molecule is c1ccc(-c2cccc(-c3cc(-c4ccc5oc6cc(-c7nc(-c8ccccc8)nc(-c8cccc(-c9ccc(-c%10cc(-c%11ccc%12oc%13cc(-c%14nc(-c%15ccccc%15)nc(-c%15ccccc%15)n%14)ccc%13c%12c%11)cc%11sc%12ccccc%12c%10%11)cc9-c9ccccc9)c8)n7)ccc6c5c4)cc4c3sc3ccccc34)c2)cc1. The Bertz CT molecular complexity index is 7440. The molecule has 6 aromatic heterocycles. The van der Waals surface area contributed by atoms with Crippen molar-refractivity contribution in [3.05, 3.63) is 364 Å². The predicted molar refractivity (Wildman–Crippen MR) is 464 cm³/mol. The van der Waals surface area contributed by atoms with Crippen LogP contribution in [0.1, 0.15) is 0 Å². The molecule has 22 rings (SSSR count). The van der Waals surface area contributed by atoms with Crippen molar-refractivity contribution in [2.24, 2.45) is 0 Å². The van der Waals surface area contributed by atoms with Gasteiger partial charge >= 0.3 is 0 Å². The molecular weight excluding hydrogens is 1410 g/mol. The second-order valence-electron chi connectivity index (χ2n) is 28.4. The summed E-state index contributed by atoms with van der Waals surface area (Å²) in [6.45, 7) is 0. The topological polar surface area (TPSA) is 104 Å². The number of nitrogens with zero attached hydrogens (tertiary/aromatic N) is 6. The van der Waals surface area contributed by atoms with Gasteiger partial charge in [-0.2, -0.15) is 0 Å². The Morgan fingerprint density at radius 2 is 0.545 bits per heavy atom. The van der Waals surface area contributed by atoms with Gasteiger partial charge in [-0.15, -0.1) is 22.7 Å². The monoisotopic (exact) mass is 1460 g/mol. The van der Waals surface area contributed by atoms with Gasteiger partial charge in [-0.25, -0.2) is 29.9 Å². The summed E-state index contributed by atoms with van der Waals surface area (Å²) in [5.74, 6) is 3.47. The minimum atomic E-state index is 0.543. The van der Waals surface area contributed by atoms with Gasteiger partial charge in [0.2, 0.25) is 0 Å². The van der Waals surface area contributed by atoms with E-state index in [9.17, 15) is 0 Å². The maximum absolute atomic E-state index is 6.79. The molecular formula is C102H60N6O2S2. The third-order valence-corrected chi connectivity index (χ3v) is 23.9. The second kappa shape index (κ2) is 26.8. The van der Waals surface area contributed by atoms with E-state index in [1.165, 1.54) is 62.6 Å². The number of aromatic nitrogens is 6. The minimum absolute atomic E-state index is 0.543. The van der Waals surface area contributed by atoms with Gasteiger partial charge in [0.25, 0.3) is 0 Å². The Balaban J connectivity index is 0.618. The summed E-state index contributed by atoms with van der Waals surface area (Å²) in [5, 5.41) is 9.05. The molecule has 0 spiro atoms. The van der Waals surface area contributed by atoms with Crippen LogP contribution in [0.4, 0.5) is 0 Å². The molecule has 0 N–H and O–H groups in total. The molecule has 22 aromatic rings. The lowest BCUT2D eigenvalue weighted by atomic mass is 9.88. The summed E-state index contributed by atoms with van der Waals surface area (Å²) in [4.78, 5) is 30.9. The van der Waals surface area contributed by atoms with E-state index in [1.807, 2.05) is 102 Å². The van der Waals surface area contributed by atoms with Crippen LogP contribution < -0.4 is 0 Å². The van der Waals surface area contributed by atoms with Crippen LogP contribution in [0, 0.1) is 0 Å². The quantitative estimate of drug-likeness (QED) is 0.112. The molecule has 0 saturated carbocycles. The zero-order valence-corrected chi connectivity index (χ0v) is 61.6. The smallest absolute Gasteiger partial charge is 0.164 e. The highest BCUT2D eigenvalue weighted by atomic mass is 32.1. The molecule has 522 valence electrons. The molecule has 0 saturated heterocycles. The third-order valence-electron chi connectivity index (χ3n) is 21.6. The number of hydrogen-bond donors (Lipinski definition) is 0. The van der Waals surface area contributed by atoms with Crippen molar-refractivity contribution in [1.82, 2.24) is 29.9 Å². The maximum Gasteiger partial charge on any atom is 0.164 e. The first-order valence-corrected chi connectivity index (χ1v) is 39.0. The fourth-order valence-electron chi connectivity index (χ4n) is 16.1. The Morgan fingerprint density at radius 1 is 0.170 bits per heavy atom. The average molecular weight is 1470 g/mol. The van der Waals surface area contributed by atoms with Crippen LogP contribution in [0.25, 0.3) is 230 Å². The first-order valence-electron chi connectivity index (χ1n) is 37.4. The summed E-state index contributed by atoms with van der Waals surface area (Å²) in [5.41, 5.74) is 24.2. The lowest BCUT2D eigenvalue weighted by Crippen LogP contribution is -2.00. The van der Waals surface area contributed by atoms with Crippen molar-refractivity contribution >= 4 is 107 Å². The van der Waals surface area contributed by atoms with Gasteiger partial charge in [-0.1, -0.05) is 261 Å². The molecule has 16 aromatic carbocycles. The van der Waals surface area contributed by atoms with Gasteiger partial charge in [0.1, 0.15) is 22.3 Å². The minimum Gasteiger partial charge on any atom is -0.456 e. The van der Waals surface area contributed by atoms with Crippen LogP contribution in [0.2, 0.25) is 0 Å². The first kappa shape index (κ1) is 64.7. The first-order chi connectivity index (χ1) is 55.4. The number of fused-ring (bicyclic) bond motifs is 12. The third kappa shape index (κ3) is 11.5. The predicted octanol–water partition coefficient (Wildman–Crippen LogP) is 28.3. The Kier molecular flexibility index (Phi) is 15.5. The molecule has 0 unspecified atom stereocenters. The van der Waals surface area contributed by atoms with Crippen molar-refractivity contribution in [2.45, 2.75) is 0 Å². The van der Waals surface area contributed by atoms with Crippen LogP contribution in [0.3, 0.4) is 0 Å². The lowest BCUT2D eigenvalue weighted by Gasteiger charge is -2.16. The maximum atomic E-state index is 6.79. The van der Waals surface area contributed by atoms with Crippen molar-refractivity contribution < 1.29 is 8.83 Å². The fourth-order valence-corrected chi connectivity index (χ4v) is 18.5. The van der Waals surface area contributed by atoms with Crippen molar-refractivity contribution in [3.8, 4) is 146 Å². The van der Waals surface area contributed by atoms with Crippen LogP contribution >= 0.6 is 22.7 Å². The average Bonchev–Trinajstić information content (AvgIpc) is 1.65. The number of furan rings is 2. The summed E-state index contributed by atoms with van der Waals surface area (Å²) < 4.78 is 18.5. The number of thiophene rings is 2. The molecule has 0 fully saturated rings. The Morgan fingerprint density at radius 3 is 1.11 bits per heavy atom. The van der Waals surface area contributed by atoms with Gasteiger partial charge in [-0.3, -0.25) is 0 Å². The second-order valence-corrected chi connectivity index (χ2v) is 30.5. The molecule has 0 aliphatic rings. The van der Waals surface area contributed by atoms with Crippen molar-refractivity contribution in [3.63, 3.8) is 0 Å². The highest BCUT2D eigenvalue weighted by Crippen LogP contribution is 2.49. The van der Waals surface area contributed by atoms with E-state index in [-0.39, 0.29) is 0 Å². The Hall–Kier alpha value is -14.4. The summed E-state index contributed by atoms with van der Waals surface area (Å²) in [6.07, 6.45) is 0. The van der Waals surface area contributed by atoms with Gasteiger partial charge in [0, 0.05) is 101 Å². The number of hydrogen-bond acceptors (Lipinski definition) is 10. The zero-order chi connectivity index (χ0) is 73.7. The van der Waals surface area contributed by atoms with E-state index in [0.717, 1.165) is 133 Å². The van der Waals surface area contributed by atoms with E-state index in [2.05, 4.69) is 285 Å². The van der Waals surface area contributed by atoms with Crippen LogP contribution in [0.15, 0.2) is 373 Å². The van der Waals surface area contributed by atoms with E-state index in [0.29, 0.717) is 34.9 Å². The lowest BCUT2D eigenvalue weighted by molar-refractivity contribution is 0.668. The van der Waals surface area contributed by atoms with E-state index in [1.54, 1.807) is 0 Å². The molecule has 6 heterocycles. The molecule has 0 atom stereocenters. The Labute approximate surface area is 651 Å². The fraction of sp³-hybridized carbons (Fsp3) is 0. The summed E-state index contributed by atoms with van der Waals surface area (Å²) in [6, 6.07) is 129. The molecule has 0 aliphatic carbocycles. The van der Waals surface area contributed by atoms with Crippen molar-refractivity contribution in [2.75, 3.05) is 0 Å². The van der Waals surface area contributed by atoms with Crippen LogP contribution in [-0.2, 0) is 0 Å². The number of benzene rings is 16.